The maximum Gasteiger partial charge on any atom is 0.318 e. The van der Waals surface area contributed by atoms with Crippen LogP contribution in [0.4, 0.5) is 16.2 Å². The summed E-state index contributed by atoms with van der Waals surface area (Å²) in [4.78, 5) is 26.2. The first-order valence-corrected chi connectivity index (χ1v) is 8.68. The predicted octanol–water partition coefficient (Wildman–Crippen LogP) is 1.70. The summed E-state index contributed by atoms with van der Waals surface area (Å²) < 4.78 is 10.5. The first-order valence-electron chi connectivity index (χ1n) is 8.68. The van der Waals surface area contributed by atoms with Crippen LogP contribution in [0.5, 0.6) is 11.5 Å². The van der Waals surface area contributed by atoms with Gasteiger partial charge in [-0.1, -0.05) is 24.3 Å². The molecule has 0 fully saturated rings. The van der Waals surface area contributed by atoms with Gasteiger partial charge >= 0.3 is 6.03 Å². The Balaban J connectivity index is 1.31. The van der Waals surface area contributed by atoms with E-state index in [-0.39, 0.29) is 25.3 Å². The van der Waals surface area contributed by atoms with Crippen LogP contribution in [0.3, 0.4) is 0 Å². The summed E-state index contributed by atoms with van der Waals surface area (Å²) in [7, 11) is 0. The normalized spacial score (nSPS) is 14.4. The van der Waals surface area contributed by atoms with Gasteiger partial charge in [0.1, 0.15) is 0 Å². The SMILES string of the molecule is Nc1cc2c(cc1NC(=O)CNC(=O)N1CCc3ccccc3C1)OCO2. The minimum atomic E-state index is -0.369. The lowest BCUT2D eigenvalue weighted by Gasteiger charge is -2.28. The molecular weight excluding hydrogens is 348 g/mol. The van der Waals surface area contributed by atoms with E-state index in [1.807, 2.05) is 18.2 Å². The fourth-order valence-corrected chi connectivity index (χ4v) is 3.20. The molecule has 0 aliphatic carbocycles. The highest BCUT2D eigenvalue weighted by Gasteiger charge is 2.21. The number of urea groups is 1. The average molecular weight is 368 g/mol. The number of fused-ring (bicyclic) bond motifs is 2. The molecule has 140 valence electrons. The van der Waals surface area contributed by atoms with Crippen LogP contribution < -0.4 is 25.8 Å². The van der Waals surface area contributed by atoms with Crippen LogP contribution in [-0.4, -0.2) is 36.7 Å². The number of carbonyl (C=O) groups is 2. The molecule has 0 atom stereocenters. The molecule has 2 aliphatic heterocycles. The fraction of sp³-hybridized carbons (Fsp3) is 0.263. The number of nitrogens with two attached hydrogens (primary N) is 1. The van der Waals surface area contributed by atoms with Crippen LogP contribution in [0.15, 0.2) is 36.4 Å². The molecule has 2 aromatic rings. The molecular formula is C19H20N4O4. The van der Waals surface area contributed by atoms with Gasteiger partial charge in [-0.3, -0.25) is 4.79 Å². The number of carbonyl (C=O) groups excluding carboxylic acids is 2. The molecule has 3 amide bonds. The summed E-state index contributed by atoms with van der Waals surface area (Å²) in [5.74, 6) is 0.700. The Morgan fingerprint density at radius 2 is 1.85 bits per heavy atom. The highest BCUT2D eigenvalue weighted by atomic mass is 16.7. The third kappa shape index (κ3) is 3.59. The van der Waals surface area contributed by atoms with Crippen LogP contribution in [0.25, 0.3) is 0 Å². The van der Waals surface area contributed by atoms with E-state index < -0.39 is 0 Å². The molecule has 0 spiro atoms. The Morgan fingerprint density at radius 3 is 2.67 bits per heavy atom. The summed E-state index contributed by atoms with van der Waals surface area (Å²) in [6.45, 7) is 1.14. The Labute approximate surface area is 156 Å². The molecule has 0 bridgehead atoms. The largest absolute Gasteiger partial charge is 0.454 e. The second-order valence-corrected chi connectivity index (χ2v) is 6.44. The van der Waals surface area contributed by atoms with Crippen molar-refractivity contribution in [3.63, 3.8) is 0 Å². The number of nitrogen functional groups attached to an aromatic ring is 1. The molecule has 0 saturated carbocycles. The molecule has 27 heavy (non-hydrogen) atoms. The van der Waals surface area contributed by atoms with Crippen molar-refractivity contribution in [1.29, 1.82) is 0 Å². The van der Waals surface area contributed by atoms with E-state index in [1.165, 1.54) is 5.56 Å². The van der Waals surface area contributed by atoms with Gasteiger partial charge in [0.05, 0.1) is 17.9 Å². The van der Waals surface area contributed by atoms with Gasteiger partial charge in [-0.25, -0.2) is 4.79 Å². The minimum absolute atomic E-state index is 0.126. The monoisotopic (exact) mass is 368 g/mol. The van der Waals surface area contributed by atoms with Gasteiger partial charge in [-0.05, 0) is 17.5 Å². The molecule has 0 saturated heterocycles. The lowest BCUT2D eigenvalue weighted by atomic mass is 10.0. The number of rotatable bonds is 3. The van der Waals surface area contributed by atoms with Gasteiger partial charge in [0.25, 0.3) is 0 Å². The van der Waals surface area contributed by atoms with Gasteiger partial charge in [-0.15, -0.1) is 0 Å². The van der Waals surface area contributed by atoms with Crippen LogP contribution in [0.1, 0.15) is 11.1 Å². The van der Waals surface area contributed by atoms with E-state index in [0.717, 1.165) is 12.0 Å². The van der Waals surface area contributed by atoms with E-state index in [0.29, 0.717) is 36.0 Å². The van der Waals surface area contributed by atoms with Gasteiger partial charge in [-0.2, -0.15) is 0 Å². The number of nitrogens with zero attached hydrogens (tertiary/aromatic N) is 1. The first kappa shape index (κ1) is 17.0. The van der Waals surface area contributed by atoms with Crippen molar-refractivity contribution in [2.75, 3.05) is 30.9 Å². The smallest absolute Gasteiger partial charge is 0.318 e. The molecule has 2 aromatic carbocycles. The van der Waals surface area contributed by atoms with Crippen molar-refractivity contribution >= 4 is 23.3 Å². The van der Waals surface area contributed by atoms with Crippen molar-refractivity contribution in [2.24, 2.45) is 0 Å². The number of nitrogens with one attached hydrogen (secondary N) is 2. The van der Waals surface area contributed by atoms with Crippen LogP contribution in [-0.2, 0) is 17.8 Å². The number of anilines is 2. The van der Waals surface area contributed by atoms with Gasteiger partial charge in [0.15, 0.2) is 11.5 Å². The van der Waals surface area contributed by atoms with E-state index in [9.17, 15) is 9.59 Å². The third-order valence-corrected chi connectivity index (χ3v) is 4.64. The Kier molecular flexibility index (Phi) is 4.45. The second kappa shape index (κ2) is 7.06. The lowest BCUT2D eigenvalue weighted by molar-refractivity contribution is -0.115. The zero-order chi connectivity index (χ0) is 18.8. The van der Waals surface area contributed by atoms with Crippen LogP contribution in [0, 0.1) is 0 Å². The Hall–Kier alpha value is -3.42. The number of ether oxygens (including phenoxy) is 2. The van der Waals surface area contributed by atoms with Gasteiger partial charge < -0.3 is 30.7 Å². The topological polar surface area (TPSA) is 106 Å². The lowest BCUT2D eigenvalue weighted by Crippen LogP contribution is -2.45. The highest BCUT2D eigenvalue weighted by Crippen LogP contribution is 2.38. The first-order chi connectivity index (χ1) is 13.1. The second-order valence-electron chi connectivity index (χ2n) is 6.44. The minimum Gasteiger partial charge on any atom is -0.454 e. The number of hydrogen-bond acceptors (Lipinski definition) is 5. The summed E-state index contributed by atoms with van der Waals surface area (Å²) in [5, 5.41) is 5.33. The quantitative estimate of drug-likeness (QED) is 0.715. The molecule has 0 radical (unpaired) electrons. The molecule has 8 heteroatoms. The van der Waals surface area contributed by atoms with E-state index in [2.05, 4.69) is 16.7 Å². The Bertz CT molecular complexity index is 899. The Morgan fingerprint density at radius 1 is 1.11 bits per heavy atom. The van der Waals surface area contributed by atoms with Gasteiger partial charge in [0, 0.05) is 25.2 Å². The standard InChI is InChI=1S/C19H20N4O4/c20-14-7-16-17(27-11-26-16)8-15(14)22-18(24)9-21-19(25)23-6-5-12-3-1-2-4-13(12)10-23/h1-4,7-8H,5-6,9-11,20H2,(H,21,25)(H,22,24). The summed E-state index contributed by atoms with van der Waals surface area (Å²) in [5.41, 5.74) is 9.10. The van der Waals surface area contributed by atoms with Crippen molar-refractivity contribution < 1.29 is 19.1 Å². The predicted molar refractivity (Wildman–Crippen MR) is 99.6 cm³/mol. The summed E-state index contributed by atoms with van der Waals surface area (Å²) in [6, 6.07) is 11.0. The molecule has 4 N–H and O–H groups in total. The number of benzene rings is 2. The van der Waals surface area contributed by atoms with E-state index >= 15 is 0 Å². The van der Waals surface area contributed by atoms with Crippen LogP contribution in [0.2, 0.25) is 0 Å². The number of amides is 3. The number of hydrogen-bond donors (Lipinski definition) is 3. The average Bonchev–Trinajstić information content (AvgIpc) is 3.13. The van der Waals surface area contributed by atoms with E-state index in [4.69, 9.17) is 15.2 Å². The molecule has 4 rings (SSSR count). The molecule has 2 aliphatic rings. The van der Waals surface area contributed by atoms with Crippen molar-refractivity contribution in [2.45, 2.75) is 13.0 Å². The third-order valence-electron chi connectivity index (χ3n) is 4.64. The zero-order valence-electron chi connectivity index (χ0n) is 14.7. The molecule has 0 aromatic heterocycles. The maximum atomic E-state index is 12.4. The molecule has 2 heterocycles. The highest BCUT2D eigenvalue weighted by molar-refractivity contribution is 5.97. The molecule has 8 nitrogen and oxygen atoms in total. The van der Waals surface area contributed by atoms with Crippen LogP contribution >= 0.6 is 0 Å². The molecule has 0 unspecified atom stereocenters. The van der Waals surface area contributed by atoms with Gasteiger partial charge in [0.2, 0.25) is 12.7 Å². The summed E-state index contributed by atoms with van der Waals surface area (Å²) in [6.07, 6.45) is 0.809. The maximum absolute atomic E-state index is 12.4. The van der Waals surface area contributed by atoms with Crippen molar-refractivity contribution in [3.05, 3.63) is 47.5 Å². The van der Waals surface area contributed by atoms with Crippen molar-refractivity contribution in [3.8, 4) is 11.5 Å². The fourth-order valence-electron chi connectivity index (χ4n) is 3.20. The summed E-state index contributed by atoms with van der Waals surface area (Å²) >= 11 is 0. The van der Waals surface area contributed by atoms with Crippen molar-refractivity contribution in [1.82, 2.24) is 10.2 Å². The van der Waals surface area contributed by atoms with E-state index in [1.54, 1.807) is 17.0 Å². The zero-order valence-corrected chi connectivity index (χ0v) is 14.7.